The van der Waals surface area contributed by atoms with Gasteiger partial charge >= 0.3 is 0 Å². The maximum Gasteiger partial charge on any atom is 0.271 e. The Bertz CT molecular complexity index is 1840. The fourth-order valence-corrected chi connectivity index (χ4v) is 6.61. The van der Waals surface area contributed by atoms with Crippen molar-refractivity contribution in [2.45, 2.75) is 30.3 Å². The number of aromatic nitrogens is 4. The molecule has 6 aromatic rings. The van der Waals surface area contributed by atoms with E-state index in [1.54, 1.807) is 7.11 Å². The van der Waals surface area contributed by atoms with E-state index in [0.717, 1.165) is 44.1 Å². The smallest absolute Gasteiger partial charge is 0.271 e. The summed E-state index contributed by atoms with van der Waals surface area (Å²) >= 11 is 3.01. The van der Waals surface area contributed by atoms with Crippen molar-refractivity contribution in [3.8, 4) is 22.8 Å². The van der Waals surface area contributed by atoms with Gasteiger partial charge in [-0.1, -0.05) is 102 Å². The average molecular weight is 618 g/mol. The highest BCUT2D eigenvalue weighted by Gasteiger charge is 2.20. The molecule has 220 valence electrons. The molecule has 1 N–H and O–H groups in total. The lowest BCUT2D eigenvalue weighted by atomic mass is 9.99. The molecule has 2 aromatic heterocycles. The lowest BCUT2D eigenvalue weighted by molar-refractivity contribution is 0.0932. The number of nitrogens with zero attached hydrogens (tertiary/aromatic N) is 4. The number of benzene rings is 4. The minimum absolute atomic E-state index is 0.172. The number of thioether (sulfide) groups is 1. The molecule has 4 aromatic carbocycles. The van der Waals surface area contributed by atoms with E-state index in [1.807, 2.05) is 82.7 Å². The van der Waals surface area contributed by atoms with E-state index < -0.39 is 0 Å². The Morgan fingerprint density at radius 1 is 0.932 bits per heavy atom. The molecule has 1 unspecified atom stereocenters. The van der Waals surface area contributed by atoms with Gasteiger partial charge in [-0.2, -0.15) is 0 Å². The van der Waals surface area contributed by atoms with Gasteiger partial charge in [0.1, 0.15) is 16.5 Å². The zero-order chi connectivity index (χ0) is 30.3. The minimum Gasteiger partial charge on any atom is -0.497 e. The number of nitrogens with one attached hydrogen (secondary N) is 1. The summed E-state index contributed by atoms with van der Waals surface area (Å²) in [4.78, 5) is 18.1. The number of hydrogen-bond acceptors (Lipinski definition) is 7. The van der Waals surface area contributed by atoms with Gasteiger partial charge in [-0.25, -0.2) is 4.98 Å². The molecule has 0 saturated heterocycles. The van der Waals surface area contributed by atoms with E-state index in [-0.39, 0.29) is 11.9 Å². The Labute approximate surface area is 265 Å². The van der Waals surface area contributed by atoms with Gasteiger partial charge in [0, 0.05) is 16.6 Å². The van der Waals surface area contributed by atoms with Gasteiger partial charge in [0.2, 0.25) is 0 Å². The van der Waals surface area contributed by atoms with Gasteiger partial charge in [-0.3, -0.25) is 9.36 Å². The number of carbonyl (C=O) groups is 1. The number of rotatable bonds is 11. The van der Waals surface area contributed by atoms with Crippen LogP contribution >= 0.6 is 23.1 Å². The number of amides is 1. The summed E-state index contributed by atoms with van der Waals surface area (Å²) in [5, 5.41) is 15.7. The zero-order valence-corrected chi connectivity index (χ0v) is 26.0. The maximum atomic E-state index is 13.4. The third kappa shape index (κ3) is 6.90. The fraction of sp³-hybridized carbons (Fsp3) is 0.143. The Morgan fingerprint density at radius 3 is 2.43 bits per heavy atom. The van der Waals surface area contributed by atoms with Crippen LogP contribution in [0.25, 0.3) is 17.1 Å². The molecule has 0 radical (unpaired) electrons. The molecule has 44 heavy (non-hydrogen) atoms. The predicted molar refractivity (Wildman–Crippen MR) is 177 cm³/mol. The Kier molecular flexibility index (Phi) is 9.14. The Morgan fingerprint density at radius 2 is 1.68 bits per heavy atom. The SMILES string of the molecule is COc1cccc(-c2nnc(SCc3nc(C(=O)NC(Cc4ccccc4)c4ccccc4)cs3)n2-c2ccc(C)cc2)c1. The topological polar surface area (TPSA) is 81.9 Å². The normalized spacial score (nSPS) is 11.7. The van der Waals surface area contributed by atoms with E-state index >= 15 is 0 Å². The van der Waals surface area contributed by atoms with Crippen LogP contribution in [0.2, 0.25) is 0 Å². The molecule has 0 aliphatic heterocycles. The highest BCUT2D eigenvalue weighted by Crippen LogP contribution is 2.32. The average Bonchev–Trinajstić information content (AvgIpc) is 3.72. The number of methoxy groups -OCH3 is 1. The summed E-state index contributed by atoms with van der Waals surface area (Å²) in [6.07, 6.45) is 0.688. The summed E-state index contributed by atoms with van der Waals surface area (Å²) in [5.74, 6) is 1.83. The number of aryl methyl sites for hydroxylation is 1. The van der Waals surface area contributed by atoms with Gasteiger partial charge in [0.15, 0.2) is 11.0 Å². The first kappa shape index (κ1) is 29.3. The van der Waals surface area contributed by atoms with Crippen LogP contribution in [0.5, 0.6) is 5.75 Å². The van der Waals surface area contributed by atoms with Crippen molar-refractivity contribution in [3.05, 3.63) is 142 Å². The van der Waals surface area contributed by atoms with Gasteiger partial charge in [-0.05, 0) is 48.7 Å². The molecule has 2 heterocycles. The van der Waals surface area contributed by atoms with Gasteiger partial charge < -0.3 is 10.1 Å². The highest BCUT2D eigenvalue weighted by atomic mass is 32.2. The van der Waals surface area contributed by atoms with Crippen molar-refractivity contribution >= 4 is 29.0 Å². The van der Waals surface area contributed by atoms with E-state index in [2.05, 4.69) is 58.8 Å². The maximum absolute atomic E-state index is 13.4. The first-order valence-corrected chi connectivity index (χ1v) is 16.1. The summed E-state index contributed by atoms with van der Waals surface area (Å²) in [6.45, 7) is 2.06. The largest absolute Gasteiger partial charge is 0.497 e. The molecule has 1 atom stereocenters. The van der Waals surface area contributed by atoms with Crippen LogP contribution in [0.15, 0.2) is 120 Å². The molecule has 0 fully saturated rings. The van der Waals surface area contributed by atoms with E-state index in [0.29, 0.717) is 17.9 Å². The first-order chi connectivity index (χ1) is 21.6. The van der Waals surface area contributed by atoms with Crippen molar-refractivity contribution in [1.82, 2.24) is 25.1 Å². The van der Waals surface area contributed by atoms with Crippen molar-refractivity contribution in [1.29, 1.82) is 0 Å². The van der Waals surface area contributed by atoms with Crippen molar-refractivity contribution in [3.63, 3.8) is 0 Å². The number of hydrogen-bond donors (Lipinski definition) is 1. The summed E-state index contributed by atoms with van der Waals surface area (Å²) in [7, 11) is 1.65. The summed E-state index contributed by atoms with van der Waals surface area (Å²) in [6, 6.07) is 36.2. The first-order valence-electron chi connectivity index (χ1n) is 14.2. The van der Waals surface area contributed by atoms with Crippen molar-refractivity contribution in [2.75, 3.05) is 7.11 Å². The van der Waals surface area contributed by atoms with Gasteiger partial charge in [0.05, 0.1) is 18.9 Å². The Hall–Kier alpha value is -4.73. The second-order valence-corrected chi connectivity index (χ2v) is 12.1. The standard InChI is InChI=1S/C35H31N5O2S2/c1-24-16-18-28(19-17-24)40-33(27-14-9-15-29(21-27)42-2)38-39-35(40)44-23-32-36-31(22-43-32)34(41)37-30(26-12-7-4-8-13-26)20-25-10-5-3-6-11-25/h3-19,21-22,30H,20,23H2,1-2H3,(H,37,41). The van der Waals surface area contributed by atoms with E-state index in [4.69, 9.17) is 9.72 Å². The summed E-state index contributed by atoms with van der Waals surface area (Å²) in [5.41, 5.74) is 5.66. The van der Waals surface area contributed by atoms with Crippen LogP contribution in [0, 0.1) is 6.92 Å². The van der Waals surface area contributed by atoms with Crippen LogP contribution in [0.1, 0.15) is 38.2 Å². The zero-order valence-electron chi connectivity index (χ0n) is 24.4. The molecule has 0 bridgehead atoms. The van der Waals surface area contributed by atoms with Crippen LogP contribution in [-0.4, -0.2) is 32.8 Å². The highest BCUT2D eigenvalue weighted by molar-refractivity contribution is 7.98. The third-order valence-corrected chi connectivity index (χ3v) is 9.12. The predicted octanol–water partition coefficient (Wildman–Crippen LogP) is 7.71. The third-order valence-electron chi connectivity index (χ3n) is 7.15. The van der Waals surface area contributed by atoms with Crippen molar-refractivity contribution in [2.24, 2.45) is 0 Å². The monoisotopic (exact) mass is 617 g/mol. The number of thiazole rings is 1. The minimum atomic E-state index is -0.189. The molecule has 0 saturated carbocycles. The van der Waals surface area contributed by atoms with Crippen LogP contribution in [-0.2, 0) is 12.2 Å². The van der Waals surface area contributed by atoms with Gasteiger partial charge in [-0.15, -0.1) is 21.5 Å². The number of ether oxygens (including phenoxy) is 1. The summed E-state index contributed by atoms with van der Waals surface area (Å²) < 4.78 is 7.50. The molecule has 1 amide bonds. The second-order valence-electron chi connectivity index (χ2n) is 10.3. The molecule has 9 heteroatoms. The van der Waals surface area contributed by atoms with E-state index in [1.165, 1.54) is 28.7 Å². The van der Waals surface area contributed by atoms with Crippen molar-refractivity contribution < 1.29 is 9.53 Å². The molecule has 0 spiro atoms. The van der Waals surface area contributed by atoms with E-state index in [9.17, 15) is 4.79 Å². The quantitative estimate of drug-likeness (QED) is 0.150. The molecular weight excluding hydrogens is 587 g/mol. The Balaban J connectivity index is 1.20. The van der Waals surface area contributed by atoms with Gasteiger partial charge in [0.25, 0.3) is 5.91 Å². The molecule has 0 aliphatic carbocycles. The number of carbonyl (C=O) groups excluding carboxylic acids is 1. The molecule has 0 aliphatic rings. The molecule has 7 nitrogen and oxygen atoms in total. The van der Waals surface area contributed by atoms with Crippen LogP contribution < -0.4 is 10.1 Å². The van der Waals surface area contributed by atoms with Crippen LogP contribution in [0.3, 0.4) is 0 Å². The molecular formula is C35H31N5O2S2. The molecule has 6 rings (SSSR count). The van der Waals surface area contributed by atoms with Crippen LogP contribution in [0.4, 0.5) is 0 Å². The lowest BCUT2D eigenvalue weighted by Crippen LogP contribution is -2.30. The second kappa shape index (κ2) is 13.7. The lowest BCUT2D eigenvalue weighted by Gasteiger charge is -2.19. The fourth-order valence-electron chi connectivity index (χ4n) is 4.87.